The number of hydrogen-bond donors (Lipinski definition) is 1. The molecule has 0 aliphatic rings. The van der Waals surface area contributed by atoms with Crippen molar-refractivity contribution >= 4 is 21.9 Å². The molecule has 3 rings (SSSR count). The molecule has 2 heteroatoms. The van der Waals surface area contributed by atoms with Gasteiger partial charge in [0, 0.05) is 16.8 Å². The van der Waals surface area contributed by atoms with Crippen molar-refractivity contribution in [2.24, 2.45) is 0 Å². The van der Waals surface area contributed by atoms with Crippen LogP contribution in [-0.4, -0.2) is 7.05 Å². The predicted octanol–water partition coefficient (Wildman–Crippen LogP) is 4.26. The summed E-state index contributed by atoms with van der Waals surface area (Å²) in [5.41, 5.74) is 3.22. The molecule has 3 aromatic rings. The molecule has 92 valence electrons. The van der Waals surface area contributed by atoms with E-state index in [0.717, 1.165) is 17.6 Å². The van der Waals surface area contributed by atoms with Crippen LogP contribution in [0.2, 0.25) is 0 Å². The van der Waals surface area contributed by atoms with Crippen LogP contribution in [-0.2, 0) is 0 Å². The maximum atomic E-state index is 5.90. The van der Waals surface area contributed by atoms with Crippen LogP contribution in [0.25, 0.3) is 21.9 Å². The first-order valence-corrected chi connectivity index (χ1v) is 6.42. The molecule has 0 aliphatic carbocycles. The highest BCUT2D eigenvalue weighted by molar-refractivity contribution is 6.04. The highest BCUT2D eigenvalue weighted by Gasteiger charge is 2.10. The third kappa shape index (κ3) is 1.70. The van der Waals surface area contributed by atoms with E-state index in [9.17, 15) is 0 Å². The highest BCUT2D eigenvalue weighted by atomic mass is 16.3. The van der Waals surface area contributed by atoms with Crippen molar-refractivity contribution < 1.29 is 4.42 Å². The molecule has 1 N–H and O–H groups in total. The van der Waals surface area contributed by atoms with E-state index in [-0.39, 0.29) is 0 Å². The fourth-order valence-electron chi connectivity index (χ4n) is 2.57. The summed E-state index contributed by atoms with van der Waals surface area (Å²) in [5, 5.41) is 5.71. The van der Waals surface area contributed by atoms with Crippen LogP contribution in [0.5, 0.6) is 0 Å². The van der Waals surface area contributed by atoms with E-state index in [4.69, 9.17) is 4.42 Å². The highest BCUT2D eigenvalue weighted by Crippen LogP contribution is 2.30. The minimum Gasteiger partial charge on any atom is -0.456 e. The van der Waals surface area contributed by atoms with E-state index < -0.39 is 0 Å². The number of benzene rings is 2. The van der Waals surface area contributed by atoms with Gasteiger partial charge in [0.05, 0.1) is 0 Å². The number of hydrogen-bond acceptors (Lipinski definition) is 2. The number of furan rings is 1. The minimum absolute atomic E-state index is 0.391. The Morgan fingerprint density at radius 3 is 2.61 bits per heavy atom. The van der Waals surface area contributed by atoms with Crippen LogP contribution < -0.4 is 5.32 Å². The molecule has 0 amide bonds. The van der Waals surface area contributed by atoms with Gasteiger partial charge in [0.2, 0.25) is 0 Å². The minimum atomic E-state index is 0.391. The van der Waals surface area contributed by atoms with Gasteiger partial charge in [0.15, 0.2) is 0 Å². The molecule has 0 spiro atoms. The van der Waals surface area contributed by atoms with Gasteiger partial charge in [-0.25, -0.2) is 0 Å². The van der Waals surface area contributed by atoms with Crippen LogP contribution in [0.4, 0.5) is 0 Å². The molecule has 0 saturated heterocycles. The van der Waals surface area contributed by atoms with Crippen LogP contribution in [0.1, 0.15) is 24.9 Å². The van der Waals surface area contributed by atoms with Crippen molar-refractivity contribution in [1.29, 1.82) is 0 Å². The second-order valence-corrected chi connectivity index (χ2v) is 4.60. The van der Waals surface area contributed by atoms with Crippen LogP contribution in [0, 0.1) is 0 Å². The molecule has 18 heavy (non-hydrogen) atoms. The zero-order valence-electron chi connectivity index (χ0n) is 10.7. The largest absolute Gasteiger partial charge is 0.456 e. The van der Waals surface area contributed by atoms with E-state index in [1.807, 2.05) is 25.2 Å². The first-order valence-electron chi connectivity index (χ1n) is 6.42. The number of fused-ring (bicyclic) bond motifs is 3. The lowest BCUT2D eigenvalue weighted by atomic mass is 10.0. The average molecular weight is 239 g/mol. The molecule has 1 atom stereocenters. The van der Waals surface area contributed by atoms with Crippen molar-refractivity contribution in [3.63, 3.8) is 0 Å². The van der Waals surface area contributed by atoms with Crippen LogP contribution in [0.3, 0.4) is 0 Å². The summed E-state index contributed by atoms with van der Waals surface area (Å²) in [4.78, 5) is 0. The molecule has 1 heterocycles. The first-order chi connectivity index (χ1) is 8.83. The maximum Gasteiger partial charge on any atom is 0.135 e. The number of nitrogens with one attached hydrogen (secondary N) is 1. The standard InChI is InChI=1S/C16H17NO/c1-3-14(17-2)11-8-9-13-12-6-4-5-7-15(12)18-16(13)10-11/h4-10,14,17H,3H2,1-2H3. The normalized spacial score (nSPS) is 13.2. The monoisotopic (exact) mass is 239 g/mol. The third-order valence-electron chi connectivity index (χ3n) is 3.56. The summed E-state index contributed by atoms with van der Waals surface area (Å²) in [6.45, 7) is 2.18. The molecule has 2 aromatic carbocycles. The van der Waals surface area contributed by atoms with Crippen molar-refractivity contribution in [2.75, 3.05) is 7.05 Å². The van der Waals surface area contributed by atoms with Gasteiger partial charge in [-0.15, -0.1) is 0 Å². The van der Waals surface area contributed by atoms with E-state index in [0.29, 0.717) is 6.04 Å². The fourth-order valence-corrected chi connectivity index (χ4v) is 2.57. The molecule has 0 fully saturated rings. The van der Waals surface area contributed by atoms with Crippen LogP contribution in [0.15, 0.2) is 46.9 Å². The summed E-state index contributed by atoms with van der Waals surface area (Å²) < 4.78 is 5.90. The molecular weight excluding hydrogens is 222 g/mol. The van der Waals surface area contributed by atoms with Gasteiger partial charge in [0.25, 0.3) is 0 Å². The topological polar surface area (TPSA) is 25.2 Å². The van der Waals surface area contributed by atoms with Gasteiger partial charge in [-0.1, -0.05) is 37.3 Å². The zero-order valence-corrected chi connectivity index (χ0v) is 10.7. The second kappa shape index (κ2) is 4.46. The van der Waals surface area contributed by atoms with E-state index in [1.165, 1.54) is 16.3 Å². The summed E-state index contributed by atoms with van der Waals surface area (Å²) in [7, 11) is 2.00. The molecule has 0 bridgehead atoms. The Morgan fingerprint density at radius 1 is 1.06 bits per heavy atom. The van der Waals surface area contributed by atoms with Gasteiger partial charge in [0.1, 0.15) is 11.2 Å². The Hall–Kier alpha value is -1.80. The van der Waals surface area contributed by atoms with Gasteiger partial charge in [-0.05, 0) is 31.2 Å². The lowest BCUT2D eigenvalue weighted by Gasteiger charge is -2.13. The molecule has 1 unspecified atom stereocenters. The van der Waals surface area contributed by atoms with Gasteiger partial charge >= 0.3 is 0 Å². The SMILES string of the molecule is CCC(NC)c1ccc2c(c1)oc1ccccc12. The average Bonchev–Trinajstić information content (AvgIpc) is 2.78. The van der Waals surface area contributed by atoms with Gasteiger partial charge in [-0.3, -0.25) is 0 Å². The van der Waals surface area contributed by atoms with Crippen molar-refractivity contribution in [3.05, 3.63) is 48.0 Å². The quantitative estimate of drug-likeness (QED) is 0.739. The molecule has 1 aromatic heterocycles. The summed E-state index contributed by atoms with van der Waals surface area (Å²) in [6.07, 6.45) is 1.07. The van der Waals surface area contributed by atoms with E-state index >= 15 is 0 Å². The predicted molar refractivity (Wildman–Crippen MR) is 75.8 cm³/mol. The molecular formula is C16H17NO. The Balaban J connectivity index is 2.21. The lowest BCUT2D eigenvalue weighted by Crippen LogP contribution is -2.14. The van der Waals surface area contributed by atoms with Crippen LogP contribution >= 0.6 is 0 Å². The fraction of sp³-hybridized carbons (Fsp3) is 0.250. The molecule has 0 radical (unpaired) electrons. The Labute approximate surface area is 107 Å². The van der Waals surface area contributed by atoms with Crippen molar-refractivity contribution in [3.8, 4) is 0 Å². The Bertz CT molecular complexity index is 680. The maximum absolute atomic E-state index is 5.90. The van der Waals surface area contributed by atoms with Gasteiger partial charge < -0.3 is 9.73 Å². The molecule has 0 aliphatic heterocycles. The summed E-state index contributed by atoms with van der Waals surface area (Å²) in [5.74, 6) is 0. The van der Waals surface area contributed by atoms with E-state index in [2.05, 4.69) is 36.5 Å². The van der Waals surface area contributed by atoms with Gasteiger partial charge in [-0.2, -0.15) is 0 Å². The summed E-state index contributed by atoms with van der Waals surface area (Å²) in [6, 6.07) is 15.1. The third-order valence-corrected chi connectivity index (χ3v) is 3.56. The summed E-state index contributed by atoms with van der Waals surface area (Å²) >= 11 is 0. The molecule has 2 nitrogen and oxygen atoms in total. The smallest absolute Gasteiger partial charge is 0.135 e. The first kappa shape index (κ1) is 11.3. The Kier molecular flexibility index (Phi) is 2.80. The zero-order chi connectivity index (χ0) is 12.5. The Morgan fingerprint density at radius 2 is 1.83 bits per heavy atom. The number of rotatable bonds is 3. The lowest BCUT2D eigenvalue weighted by molar-refractivity contribution is 0.575. The van der Waals surface area contributed by atoms with E-state index in [1.54, 1.807) is 0 Å². The number of para-hydroxylation sites is 1. The second-order valence-electron chi connectivity index (χ2n) is 4.60. The van der Waals surface area contributed by atoms with Crippen molar-refractivity contribution in [2.45, 2.75) is 19.4 Å². The van der Waals surface area contributed by atoms with Crippen molar-refractivity contribution in [1.82, 2.24) is 5.32 Å². The molecule has 0 saturated carbocycles.